The van der Waals surface area contributed by atoms with Gasteiger partial charge in [0.2, 0.25) is 0 Å². The summed E-state index contributed by atoms with van der Waals surface area (Å²) in [6, 6.07) is 0. The van der Waals surface area contributed by atoms with Gasteiger partial charge in [-0.05, 0) is 26.2 Å². The molecule has 0 aliphatic carbocycles. The number of likely N-dealkylation sites (tertiary alicyclic amines) is 1. The molecule has 3 nitrogen and oxygen atoms in total. The Morgan fingerprint density at radius 2 is 2.00 bits per heavy atom. The van der Waals surface area contributed by atoms with Crippen molar-refractivity contribution in [3.05, 3.63) is 12.3 Å². The molecule has 0 unspecified atom stereocenters. The SMILES string of the molecule is C=C(C(=O)OCC)N1CCCCC1. The van der Waals surface area contributed by atoms with Crippen molar-refractivity contribution in [2.24, 2.45) is 0 Å². The van der Waals surface area contributed by atoms with E-state index in [-0.39, 0.29) is 5.97 Å². The zero-order chi connectivity index (χ0) is 9.68. The molecular formula is C10H17NO2. The normalized spacial score (nSPS) is 16.8. The number of ether oxygens (including phenoxy) is 1. The molecule has 0 N–H and O–H groups in total. The van der Waals surface area contributed by atoms with Gasteiger partial charge in [0, 0.05) is 13.1 Å². The van der Waals surface area contributed by atoms with E-state index in [1.807, 2.05) is 4.90 Å². The fourth-order valence-corrected chi connectivity index (χ4v) is 1.51. The summed E-state index contributed by atoms with van der Waals surface area (Å²) in [5, 5.41) is 0. The zero-order valence-corrected chi connectivity index (χ0v) is 8.21. The lowest BCUT2D eigenvalue weighted by Gasteiger charge is -2.28. The summed E-state index contributed by atoms with van der Waals surface area (Å²) in [5.41, 5.74) is 0.515. The summed E-state index contributed by atoms with van der Waals surface area (Å²) >= 11 is 0. The standard InChI is InChI=1S/C10H17NO2/c1-3-13-10(12)9(2)11-7-5-4-6-8-11/h2-8H2,1H3. The Balaban J connectivity index is 2.40. The third-order valence-corrected chi connectivity index (χ3v) is 2.25. The van der Waals surface area contributed by atoms with E-state index in [1.54, 1.807) is 6.92 Å². The van der Waals surface area contributed by atoms with Gasteiger partial charge < -0.3 is 9.64 Å². The Hall–Kier alpha value is -0.990. The predicted octanol–water partition coefficient (Wildman–Crippen LogP) is 1.55. The Labute approximate surface area is 79.4 Å². The minimum Gasteiger partial charge on any atom is -0.461 e. The van der Waals surface area contributed by atoms with E-state index in [0.29, 0.717) is 12.3 Å². The highest BCUT2D eigenvalue weighted by molar-refractivity contribution is 5.87. The van der Waals surface area contributed by atoms with Crippen molar-refractivity contribution in [1.29, 1.82) is 0 Å². The first-order valence-electron chi connectivity index (χ1n) is 4.86. The Morgan fingerprint density at radius 3 is 2.54 bits per heavy atom. The van der Waals surface area contributed by atoms with Gasteiger partial charge in [-0.1, -0.05) is 6.58 Å². The number of rotatable bonds is 3. The Kier molecular flexibility index (Phi) is 3.80. The van der Waals surface area contributed by atoms with Gasteiger partial charge >= 0.3 is 5.97 Å². The van der Waals surface area contributed by atoms with Crippen LogP contribution < -0.4 is 0 Å². The molecule has 0 aromatic rings. The molecule has 0 bridgehead atoms. The van der Waals surface area contributed by atoms with Gasteiger partial charge in [0.05, 0.1) is 6.61 Å². The van der Waals surface area contributed by atoms with Crippen LogP contribution >= 0.6 is 0 Å². The molecule has 0 amide bonds. The predicted molar refractivity (Wildman–Crippen MR) is 51.2 cm³/mol. The molecule has 0 atom stereocenters. The van der Waals surface area contributed by atoms with E-state index in [2.05, 4.69) is 6.58 Å². The third-order valence-electron chi connectivity index (χ3n) is 2.25. The molecule has 0 aromatic heterocycles. The second kappa shape index (κ2) is 4.90. The number of carbonyl (C=O) groups excluding carboxylic acids is 1. The first-order valence-corrected chi connectivity index (χ1v) is 4.86. The maximum absolute atomic E-state index is 11.3. The van der Waals surface area contributed by atoms with E-state index >= 15 is 0 Å². The highest BCUT2D eigenvalue weighted by Crippen LogP contribution is 2.14. The topological polar surface area (TPSA) is 29.5 Å². The van der Waals surface area contributed by atoms with Crippen LogP contribution in [0.3, 0.4) is 0 Å². The monoisotopic (exact) mass is 183 g/mol. The zero-order valence-electron chi connectivity index (χ0n) is 8.21. The fraction of sp³-hybridized carbons (Fsp3) is 0.700. The van der Waals surface area contributed by atoms with Crippen molar-refractivity contribution in [3.8, 4) is 0 Å². The van der Waals surface area contributed by atoms with Crippen LogP contribution in [0, 0.1) is 0 Å². The highest BCUT2D eigenvalue weighted by atomic mass is 16.5. The molecule has 1 saturated heterocycles. The molecule has 0 radical (unpaired) electrons. The molecule has 1 heterocycles. The van der Waals surface area contributed by atoms with Gasteiger partial charge in [0.15, 0.2) is 0 Å². The Bertz CT molecular complexity index is 195. The van der Waals surface area contributed by atoms with Crippen molar-refractivity contribution >= 4 is 5.97 Å². The van der Waals surface area contributed by atoms with Crippen LogP contribution in [0.5, 0.6) is 0 Å². The average Bonchev–Trinajstić information content (AvgIpc) is 2.18. The quantitative estimate of drug-likeness (QED) is 0.491. The molecule has 74 valence electrons. The molecular weight excluding hydrogens is 166 g/mol. The summed E-state index contributed by atoms with van der Waals surface area (Å²) in [7, 11) is 0. The summed E-state index contributed by atoms with van der Waals surface area (Å²) in [4.78, 5) is 13.3. The van der Waals surface area contributed by atoms with Gasteiger partial charge in [-0.15, -0.1) is 0 Å². The van der Waals surface area contributed by atoms with E-state index in [4.69, 9.17) is 4.74 Å². The number of carbonyl (C=O) groups is 1. The maximum Gasteiger partial charge on any atom is 0.353 e. The van der Waals surface area contributed by atoms with Gasteiger partial charge in [0.25, 0.3) is 0 Å². The van der Waals surface area contributed by atoms with E-state index in [1.165, 1.54) is 6.42 Å². The first kappa shape index (κ1) is 10.1. The molecule has 0 aromatic carbocycles. The molecule has 1 fully saturated rings. The Morgan fingerprint density at radius 1 is 1.38 bits per heavy atom. The van der Waals surface area contributed by atoms with Crippen LogP contribution in [-0.4, -0.2) is 30.6 Å². The van der Waals surface area contributed by atoms with Crippen molar-refractivity contribution in [2.45, 2.75) is 26.2 Å². The summed E-state index contributed by atoms with van der Waals surface area (Å²) in [6.07, 6.45) is 3.56. The van der Waals surface area contributed by atoms with Crippen LogP contribution in [0.1, 0.15) is 26.2 Å². The number of hydrogen-bond donors (Lipinski definition) is 0. The lowest BCUT2D eigenvalue weighted by atomic mass is 10.1. The number of hydrogen-bond acceptors (Lipinski definition) is 3. The second-order valence-electron chi connectivity index (χ2n) is 3.21. The van der Waals surface area contributed by atoms with E-state index in [9.17, 15) is 4.79 Å². The summed E-state index contributed by atoms with van der Waals surface area (Å²) in [5.74, 6) is -0.274. The number of esters is 1. The molecule has 13 heavy (non-hydrogen) atoms. The van der Waals surface area contributed by atoms with Gasteiger partial charge in [-0.2, -0.15) is 0 Å². The summed E-state index contributed by atoms with van der Waals surface area (Å²) < 4.78 is 4.88. The largest absolute Gasteiger partial charge is 0.461 e. The van der Waals surface area contributed by atoms with Crippen LogP contribution in [0.2, 0.25) is 0 Å². The molecule has 0 saturated carbocycles. The number of nitrogens with zero attached hydrogens (tertiary/aromatic N) is 1. The van der Waals surface area contributed by atoms with Crippen LogP contribution in [-0.2, 0) is 9.53 Å². The van der Waals surface area contributed by atoms with Gasteiger partial charge in [-0.25, -0.2) is 4.79 Å². The lowest BCUT2D eigenvalue weighted by Crippen LogP contribution is -2.32. The van der Waals surface area contributed by atoms with Crippen molar-refractivity contribution in [3.63, 3.8) is 0 Å². The minimum atomic E-state index is -0.274. The van der Waals surface area contributed by atoms with Crippen molar-refractivity contribution in [2.75, 3.05) is 19.7 Å². The second-order valence-corrected chi connectivity index (χ2v) is 3.21. The molecule has 3 heteroatoms. The maximum atomic E-state index is 11.3. The average molecular weight is 183 g/mol. The first-order chi connectivity index (χ1) is 6.25. The molecule has 1 aliphatic rings. The highest BCUT2D eigenvalue weighted by Gasteiger charge is 2.17. The molecule has 0 spiro atoms. The van der Waals surface area contributed by atoms with Crippen molar-refractivity contribution in [1.82, 2.24) is 4.90 Å². The van der Waals surface area contributed by atoms with Crippen LogP contribution in [0.25, 0.3) is 0 Å². The van der Waals surface area contributed by atoms with E-state index in [0.717, 1.165) is 25.9 Å². The smallest absolute Gasteiger partial charge is 0.353 e. The summed E-state index contributed by atoms with van der Waals surface area (Å²) in [6.45, 7) is 7.86. The van der Waals surface area contributed by atoms with E-state index < -0.39 is 0 Å². The van der Waals surface area contributed by atoms with Crippen LogP contribution in [0.4, 0.5) is 0 Å². The third kappa shape index (κ3) is 2.76. The van der Waals surface area contributed by atoms with Gasteiger partial charge in [0.1, 0.15) is 5.70 Å². The molecule has 1 aliphatic heterocycles. The van der Waals surface area contributed by atoms with Gasteiger partial charge in [-0.3, -0.25) is 0 Å². The number of piperidine rings is 1. The van der Waals surface area contributed by atoms with Crippen LogP contribution in [0.15, 0.2) is 12.3 Å². The fourth-order valence-electron chi connectivity index (χ4n) is 1.51. The molecule has 1 rings (SSSR count). The minimum absolute atomic E-state index is 0.274. The lowest BCUT2D eigenvalue weighted by molar-refractivity contribution is -0.140. The van der Waals surface area contributed by atoms with Crippen molar-refractivity contribution < 1.29 is 9.53 Å².